The van der Waals surface area contributed by atoms with Crippen LogP contribution in [0.5, 0.6) is 5.75 Å². The van der Waals surface area contributed by atoms with Crippen molar-refractivity contribution in [1.82, 2.24) is 5.32 Å². The fraction of sp³-hybridized carbons (Fsp3) is 0.250. The number of halogens is 2. The summed E-state index contributed by atoms with van der Waals surface area (Å²) in [5.41, 5.74) is 3.01. The average molecular weight is 294 g/mol. The summed E-state index contributed by atoms with van der Waals surface area (Å²) in [5, 5.41) is 3.42. The lowest BCUT2D eigenvalue weighted by atomic mass is 9.99. The standard InChI is InChI=1S/C16H17ClFNO/c1-3-19-10-12-8-13(20-2)5-6-14(12)11-4-7-16(18)15(17)9-11/h4-9,19H,3,10H2,1-2H3. The maximum Gasteiger partial charge on any atom is 0.141 e. The molecule has 1 N–H and O–H groups in total. The number of methoxy groups -OCH3 is 1. The number of ether oxygens (including phenoxy) is 1. The molecule has 0 saturated carbocycles. The predicted molar refractivity (Wildman–Crippen MR) is 80.8 cm³/mol. The third kappa shape index (κ3) is 3.30. The Morgan fingerprint density at radius 3 is 2.65 bits per heavy atom. The summed E-state index contributed by atoms with van der Waals surface area (Å²) in [6, 6.07) is 10.6. The molecule has 0 amide bonds. The van der Waals surface area contributed by atoms with Gasteiger partial charge in [-0.1, -0.05) is 30.7 Å². The highest BCUT2D eigenvalue weighted by molar-refractivity contribution is 6.31. The Kier molecular flexibility index (Phi) is 4.99. The van der Waals surface area contributed by atoms with Crippen LogP contribution >= 0.6 is 11.6 Å². The van der Waals surface area contributed by atoms with E-state index in [0.29, 0.717) is 0 Å². The second-order valence-electron chi connectivity index (χ2n) is 4.43. The van der Waals surface area contributed by atoms with Crippen molar-refractivity contribution >= 4 is 11.6 Å². The van der Waals surface area contributed by atoms with E-state index in [-0.39, 0.29) is 5.02 Å². The summed E-state index contributed by atoms with van der Waals surface area (Å²) in [4.78, 5) is 0. The average Bonchev–Trinajstić information content (AvgIpc) is 2.47. The monoisotopic (exact) mass is 293 g/mol. The van der Waals surface area contributed by atoms with Gasteiger partial charge >= 0.3 is 0 Å². The van der Waals surface area contributed by atoms with Gasteiger partial charge in [0, 0.05) is 6.54 Å². The van der Waals surface area contributed by atoms with Crippen LogP contribution in [0.15, 0.2) is 36.4 Å². The predicted octanol–water partition coefficient (Wildman–Crippen LogP) is 4.26. The highest BCUT2D eigenvalue weighted by Gasteiger charge is 2.09. The molecule has 0 atom stereocenters. The van der Waals surface area contributed by atoms with E-state index in [1.54, 1.807) is 19.2 Å². The summed E-state index contributed by atoms with van der Waals surface area (Å²) in [6.07, 6.45) is 0. The van der Waals surface area contributed by atoms with Gasteiger partial charge < -0.3 is 10.1 Å². The molecule has 2 aromatic carbocycles. The number of benzene rings is 2. The van der Waals surface area contributed by atoms with Gasteiger partial charge in [0.15, 0.2) is 0 Å². The molecule has 4 heteroatoms. The molecule has 0 fully saturated rings. The van der Waals surface area contributed by atoms with Crippen LogP contribution in [0.4, 0.5) is 4.39 Å². The van der Waals surface area contributed by atoms with Crippen molar-refractivity contribution in [2.24, 2.45) is 0 Å². The Bertz CT molecular complexity index is 601. The first-order valence-corrected chi connectivity index (χ1v) is 6.86. The molecule has 106 valence electrons. The first-order valence-electron chi connectivity index (χ1n) is 6.48. The third-order valence-corrected chi connectivity index (χ3v) is 3.40. The normalized spacial score (nSPS) is 10.6. The van der Waals surface area contributed by atoms with Crippen molar-refractivity contribution in [3.05, 3.63) is 52.8 Å². The molecule has 2 aromatic rings. The minimum atomic E-state index is -0.405. The molecule has 0 spiro atoms. The molecule has 0 saturated heterocycles. The van der Waals surface area contributed by atoms with Gasteiger partial charge in [0.2, 0.25) is 0 Å². The minimum absolute atomic E-state index is 0.132. The molecule has 0 unspecified atom stereocenters. The Hall–Kier alpha value is -1.58. The Labute approximate surface area is 123 Å². The molecule has 0 heterocycles. The largest absolute Gasteiger partial charge is 0.497 e. The molecular weight excluding hydrogens is 277 g/mol. The smallest absolute Gasteiger partial charge is 0.141 e. The fourth-order valence-electron chi connectivity index (χ4n) is 2.05. The van der Waals surface area contributed by atoms with E-state index in [0.717, 1.165) is 35.5 Å². The highest BCUT2D eigenvalue weighted by atomic mass is 35.5. The summed E-state index contributed by atoms with van der Waals surface area (Å²) in [6.45, 7) is 3.65. The van der Waals surface area contributed by atoms with E-state index < -0.39 is 5.82 Å². The molecule has 20 heavy (non-hydrogen) atoms. The van der Waals surface area contributed by atoms with Crippen LogP contribution in [0.3, 0.4) is 0 Å². The lowest BCUT2D eigenvalue weighted by Gasteiger charge is -2.12. The van der Waals surface area contributed by atoms with Crippen molar-refractivity contribution in [3.8, 4) is 16.9 Å². The van der Waals surface area contributed by atoms with Crippen LogP contribution in [0, 0.1) is 5.82 Å². The lowest BCUT2D eigenvalue weighted by Crippen LogP contribution is -2.12. The second kappa shape index (κ2) is 6.73. The molecular formula is C16H17ClFNO. The quantitative estimate of drug-likeness (QED) is 0.889. The molecule has 0 aromatic heterocycles. The van der Waals surface area contributed by atoms with Crippen molar-refractivity contribution in [2.75, 3.05) is 13.7 Å². The van der Waals surface area contributed by atoms with Crippen molar-refractivity contribution < 1.29 is 9.13 Å². The molecule has 0 aliphatic carbocycles. The van der Waals surface area contributed by atoms with Crippen molar-refractivity contribution in [3.63, 3.8) is 0 Å². The van der Waals surface area contributed by atoms with E-state index in [4.69, 9.17) is 16.3 Å². The maximum atomic E-state index is 13.3. The number of nitrogens with one attached hydrogen (secondary N) is 1. The number of hydrogen-bond acceptors (Lipinski definition) is 2. The van der Waals surface area contributed by atoms with Crippen LogP contribution < -0.4 is 10.1 Å². The van der Waals surface area contributed by atoms with Gasteiger partial charge in [-0.2, -0.15) is 0 Å². The summed E-state index contributed by atoms with van der Waals surface area (Å²) < 4.78 is 18.5. The van der Waals surface area contributed by atoms with E-state index in [2.05, 4.69) is 12.2 Å². The van der Waals surface area contributed by atoms with Crippen LogP contribution in [-0.2, 0) is 6.54 Å². The molecule has 2 rings (SSSR count). The van der Waals surface area contributed by atoms with Gasteiger partial charge in [0.25, 0.3) is 0 Å². The van der Waals surface area contributed by atoms with Gasteiger partial charge in [0.1, 0.15) is 11.6 Å². The molecule has 2 nitrogen and oxygen atoms in total. The third-order valence-electron chi connectivity index (χ3n) is 3.11. The van der Waals surface area contributed by atoms with Gasteiger partial charge in [0.05, 0.1) is 12.1 Å². The van der Waals surface area contributed by atoms with Crippen molar-refractivity contribution in [1.29, 1.82) is 0 Å². The zero-order valence-electron chi connectivity index (χ0n) is 11.5. The topological polar surface area (TPSA) is 21.3 Å². The van der Waals surface area contributed by atoms with Gasteiger partial charge in [-0.05, 0) is 47.5 Å². The SMILES string of the molecule is CCNCc1cc(OC)ccc1-c1ccc(F)c(Cl)c1. The first-order chi connectivity index (χ1) is 9.65. The highest BCUT2D eigenvalue weighted by Crippen LogP contribution is 2.30. The van der Waals surface area contributed by atoms with E-state index in [1.807, 2.05) is 18.2 Å². The van der Waals surface area contributed by atoms with Crippen LogP contribution in [0.25, 0.3) is 11.1 Å². The van der Waals surface area contributed by atoms with Gasteiger partial charge in [-0.15, -0.1) is 0 Å². The molecule has 0 radical (unpaired) electrons. The Balaban J connectivity index is 2.45. The minimum Gasteiger partial charge on any atom is -0.497 e. The zero-order chi connectivity index (χ0) is 14.5. The Morgan fingerprint density at radius 1 is 1.20 bits per heavy atom. The summed E-state index contributed by atoms with van der Waals surface area (Å²) in [7, 11) is 1.64. The van der Waals surface area contributed by atoms with Crippen molar-refractivity contribution in [2.45, 2.75) is 13.5 Å². The van der Waals surface area contributed by atoms with Gasteiger partial charge in [-0.25, -0.2) is 4.39 Å². The summed E-state index contributed by atoms with van der Waals surface area (Å²) >= 11 is 5.86. The Morgan fingerprint density at radius 2 is 2.00 bits per heavy atom. The van der Waals surface area contributed by atoms with E-state index >= 15 is 0 Å². The zero-order valence-corrected chi connectivity index (χ0v) is 12.3. The van der Waals surface area contributed by atoms with Crippen LogP contribution in [0.2, 0.25) is 5.02 Å². The molecule has 0 aliphatic heterocycles. The molecule has 0 bridgehead atoms. The molecule has 0 aliphatic rings. The number of hydrogen-bond donors (Lipinski definition) is 1. The lowest BCUT2D eigenvalue weighted by molar-refractivity contribution is 0.414. The van der Waals surface area contributed by atoms with E-state index in [1.165, 1.54) is 6.07 Å². The first kappa shape index (κ1) is 14.8. The second-order valence-corrected chi connectivity index (χ2v) is 4.84. The van der Waals surface area contributed by atoms with Gasteiger partial charge in [-0.3, -0.25) is 0 Å². The maximum absolute atomic E-state index is 13.3. The van der Waals surface area contributed by atoms with Crippen LogP contribution in [0.1, 0.15) is 12.5 Å². The van der Waals surface area contributed by atoms with E-state index in [9.17, 15) is 4.39 Å². The number of rotatable bonds is 5. The summed E-state index contributed by atoms with van der Waals surface area (Å²) in [5.74, 6) is 0.395. The van der Waals surface area contributed by atoms with Crippen LogP contribution in [-0.4, -0.2) is 13.7 Å². The fourth-order valence-corrected chi connectivity index (χ4v) is 2.23.